The second-order valence-corrected chi connectivity index (χ2v) is 5.50. The maximum Gasteiger partial charge on any atom is 0.328 e. The Labute approximate surface area is 128 Å². The van der Waals surface area contributed by atoms with E-state index in [-0.39, 0.29) is 11.8 Å². The molecule has 1 aromatic carbocycles. The fourth-order valence-corrected chi connectivity index (χ4v) is 2.69. The Morgan fingerprint density at radius 3 is 2.86 bits per heavy atom. The summed E-state index contributed by atoms with van der Waals surface area (Å²) < 4.78 is 0. The fraction of sp³-hybridized carbons (Fsp3) is 0.333. The second kappa shape index (κ2) is 6.63. The molecule has 0 aliphatic carbocycles. The van der Waals surface area contributed by atoms with Gasteiger partial charge in [-0.3, -0.25) is 4.79 Å². The summed E-state index contributed by atoms with van der Waals surface area (Å²) in [7, 11) is 0. The molecule has 112 valence electrons. The van der Waals surface area contributed by atoms with E-state index in [1.54, 1.807) is 18.2 Å². The topological polar surface area (TPSA) is 83.6 Å². The van der Waals surface area contributed by atoms with E-state index in [9.17, 15) is 9.59 Å². The van der Waals surface area contributed by atoms with Crippen molar-refractivity contribution in [2.75, 3.05) is 18.0 Å². The van der Waals surface area contributed by atoms with Gasteiger partial charge < -0.3 is 15.7 Å². The summed E-state index contributed by atoms with van der Waals surface area (Å²) in [6.45, 7) is 1.32. The van der Waals surface area contributed by atoms with Crippen LogP contribution in [0.3, 0.4) is 0 Å². The van der Waals surface area contributed by atoms with Crippen LogP contribution in [-0.4, -0.2) is 30.1 Å². The number of nitrogens with zero attached hydrogens (tertiary/aromatic N) is 1. The van der Waals surface area contributed by atoms with Crippen molar-refractivity contribution in [1.29, 1.82) is 0 Å². The van der Waals surface area contributed by atoms with Crippen molar-refractivity contribution in [3.63, 3.8) is 0 Å². The number of aliphatic carboxylic acids is 1. The number of carbonyl (C=O) groups excluding carboxylic acids is 1. The standard InChI is InChI=1S/C15H17ClN2O3/c16-12-5-3-10(4-6-14(19)20)13(8-12)18-7-1-2-11(9-18)15(17)21/h3-6,8,11H,1-2,7,9H2,(H2,17,21)(H,19,20)/b6-4+. The highest BCUT2D eigenvalue weighted by atomic mass is 35.5. The average Bonchev–Trinajstić information content (AvgIpc) is 2.46. The SMILES string of the molecule is NC(=O)C1CCCN(c2cc(Cl)ccc2/C=C/C(=O)O)C1. The Balaban J connectivity index is 2.30. The molecule has 1 heterocycles. The Kier molecular flexibility index (Phi) is 4.85. The van der Waals surface area contributed by atoms with Gasteiger partial charge in [-0.05, 0) is 36.6 Å². The molecular formula is C15H17ClN2O3. The molecule has 1 fully saturated rings. The minimum Gasteiger partial charge on any atom is -0.478 e. The number of halogens is 1. The lowest BCUT2D eigenvalue weighted by molar-refractivity contribution is -0.131. The minimum absolute atomic E-state index is 0.186. The summed E-state index contributed by atoms with van der Waals surface area (Å²) in [6, 6.07) is 5.26. The summed E-state index contributed by atoms with van der Waals surface area (Å²) in [6.07, 6.45) is 4.26. The number of benzene rings is 1. The zero-order chi connectivity index (χ0) is 15.4. The number of carbonyl (C=O) groups is 2. The maximum absolute atomic E-state index is 11.4. The molecule has 3 N–H and O–H groups in total. The number of carboxylic acid groups (broad SMARTS) is 1. The van der Waals surface area contributed by atoms with Gasteiger partial charge in [0.1, 0.15) is 0 Å². The highest BCUT2D eigenvalue weighted by Gasteiger charge is 2.25. The van der Waals surface area contributed by atoms with Crippen LogP contribution in [0, 0.1) is 5.92 Å². The van der Waals surface area contributed by atoms with E-state index in [2.05, 4.69) is 0 Å². The van der Waals surface area contributed by atoms with E-state index in [4.69, 9.17) is 22.4 Å². The van der Waals surface area contributed by atoms with Gasteiger partial charge in [0.25, 0.3) is 0 Å². The molecule has 0 radical (unpaired) electrons. The summed E-state index contributed by atoms with van der Waals surface area (Å²) >= 11 is 6.04. The number of rotatable bonds is 4. The number of nitrogens with two attached hydrogens (primary N) is 1. The van der Waals surface area contributed by atoms with Crippen molar-refractivity contribution < 1.29 is 14.7 Å². The van der Waals surface area contributed by atoms with Crippen LogP contribution < -0.4 is 10.6 Å². The van der Waals surface area contributed by atoms with E-state index in [0.29, 0.717) is 11.6 Å². The molecule has 5 nitrogen and oxygen atoms in total. The largest absolute Gasteiger partial charge is 0.478 e. The molecule has 0 saturated carbocycles. The Bertz CT molecular complexity index is 586. The third-order valence-corrected chi connectivity index (χ3v) is 3.80. The lowest BCUT2D eigenvalue weighted by Crippen LogP contribution is -2.41. The third-order valence-electron chi connectivity index (χ3n) is 3.56. The first kappa shape index (κ1) is 15.4. The molecule has 1 aliphatic heterocycles. The lowest BCUT2D eigenvalue weighted by atomic mass is 9.96. The maximum atomic E-state index is 11.4. The number of carboxylic acids is 1. The van der Waals surface area contributed by atoms with Crippen molar-refractivity contribution in [3.05, 3.63) is 34.9 Å². The highest BCUT2D eigenvalue weighted by molar-refractivity contribution is 6.31. The smallest absolute Gasteiger partial charge is 0.328 e. The molecule has 6 heteroatoms. The summed E-state index contributed by atoms with van der Waals surface area (Å²) in [5, 5.41) is 9.33. The van der Waals surface area contributed by atoms with Crippen LogP contribution in [0.5, 0.6) is 0 Å². The van der Waals surface area contributed by atoms with Crippen LogP contribution in [0.1, 0.15) is 18.4 Å². The van der Waals surface area contributed by atoms with E-state index >= 15 is 0 Å². The van der Waals surface area contributed by atoms with Crippen LogP contribution in [0.2, 0.25) is 5.02 Å². The van der Waals surface area contributed by atoms with Crippen molar-refractivity contribution in [1.82, 2.24) is 0 Å². The number of primary amides is 1. The average molecular weight is 309 g/mol. The Morgan fingerprint density at radius 2 is 2.19 bits per heavy atom. The molecular weight excluding hydrogens is 292 g/mol. The number of piperidine rings is 1. The molecule has 0 bridgehead atoms. The summed E-state index contributed by atoms with van der Waals surface area (Å²) in [5.41, 5.74) is 6.97. The first-order valence-electron chi connectivity index (χ1n) is 6.72. The molecule has 0 aromatic heterocycles. The summed E-state index contributed by atoms with van der Waals surface area (Å²) in [4.78, 5) is 24.1. The zero-order valence-corrected chi connectivity index (χ0v) is 12.2. The summed E-state index contributed by atoms with van der Waals surface area (Å²) in [5.74, 6) is -1.50. The molecule has 0 spiro atoms. The minimum atomic E-state index is -1.01. The Morgan fingerprint density at radius 1 is 1.43 bits per heavy atom. The predicted molar refractivity (Wildman–Crippen MR) is 82.3 cm³/mol. The van der Waals surface area contributed by atoms with Gasteiger partial charge in [0.2, 0.25) is 5.91 Å². The zero-order valence-electron chi connectivity index (χ0n) is 11.5. The van der Waals surface area contributed by atoms with Crippen molar-refractivity contribution >= 4 is 35.2 Å². The molecule has 1 amide bonds. The third kappa shape index (κ3) is 3.98. The first-order valence-corrected chi connectivity index (χ1v) is 7.10. The Hall–Kier alpha value is -2.01. The fourth-order valence-electron chi connectivity index (χ4n) is 2.52. The van der Waals surface area contributed by atoms with E-state index < -0.39 is 5.97 Å². The van der Waals surface area contributed by atoms with Gasteiger partial charge in [-0.2, -0.15) is 0 Å². The first-order chi connectivity index (χ1) is 9.97. The number of amides is 1. The van der Waals surface area contributed by atoms with Crippen LogP contribution in [0.4, 0.5) is 5.69 Å². The monoisotopic (exact) mass is 308 g/mol. The van der Waals surface area contributed by atoms with Gasteiger partial charge in [0.15, 0.2) is 0 Å². The predicted octanol–water partition coefficient (Wildman–Crippen LogP) is 2.14. The van der Waals surface area contributed by atoms with Gasteiger partial charge in [-0.25, -0.2) is 4.79 Å². The molecule has 1 aliphatic rings. The molecule has 1 atom stereocenters. The van der Waals surface area contributed by atoms with Crippen LogP contribution in [0.25, 0.3) is 6.08 Å². The lowest BCUT2D eigenvalue weighted by Gasteiger charge is -2.34. The van der Waals surface area contributed by atoms with Gasteiger partial charge in [0, 0.05) is 29.9 Å². The van der Waals surface area contributed by atoms with Crippen LogP contribution in [-0.2, 0) is 9.59 Å². The molecule has 1 unspecified atom stereocenters. The van der Waals surface area contributed by atoms with Gasteiger partial charge >= 0.3 is 5.97 Å². The van der Waals surface area contributed by atoms with E-state index in [1.807, 2.05) is 4.90 Å². The van der Waals surface area contributed by atoms with Gasteiger partial charge in [-0.15, -0.1) is 0 Å². The molecule has 1 aromatic rings. The van der Waals surface area contributed by atoms with Gasteiger partial charge in [0.05, 0.1) is 5.92 Å². The number of hydrogen-bond donors (Lipinski definition) is 2. The van der Waals surface area contributed by atoms with Crippen LogP contribution >= 0.6 is 11.6 Å². The number of anilines is 1. The van der Waals surface area contributed by atoms with E-state index in [0.717, 1.165) is 36.7 Å². The van der Waals surface area contributed by atoms with Crippen molar-refractivity contribution in [2.24, 2.45) is 11.7 Å². The molecule has 21 heavy (non-hydrogen) atoms. The quantitative estimate of drug-likeness (QED) is 0.835. The van der Waals surface area contributed by atoms with Crippen molar-refractivity contribution in [3.8, 4) is 0 Å². The number of hydrogen-bond acceptors (Lipinski definition) is 3. The molecule has 2 rings (SSSR count). The van der Waals surface area contributed by atoms with E-state index in [1.165, 1.54) is 6.08 Å². The van der Waals surface area contributed by atoms with Crippen molar-refractivity contribution in [2.45, 2.75) is 12.8 Å². The van der Waals surface area contributed by atoms with Gasteiger partial charge in [-0.1, -0.05) is 17.7 Å². The second-order valence-electron chi connectivity index (χ2n) is 5.06. The van der Waals surface area contributed by atoms with Crippen LogP contribution in [0.15, 0.2) is 24.3 Å². The highest BCUT2D eigenvalue weighted by Crippen LogP contribution is 2.30. The molecule has 1 saturated heterocycles. The normalized spacial score (nSPS) is 18.9.